The minimum absolute atomic E-state index is 0.119. The van der Waals surface area contributed by atoms with E-state index in [9.17, 15) is 4.39 Å². The van der Waals surface area contributed by atoms with Crippen LogP contribution in [-0.4, -0.2) is 7.11 Å². The number of nitrogen functional groups attached to an aromatic ring is 1. The van der Waals surface area contributed by atoms with Crippen molar-refractivity contribution < 1.29 is 13.5 Å². The van der Waals surface area contributed by atoms with Crippen LogP contribution in [0.4, 0.5) is 10.1 Å². The lowest BCUT2D eigenvalue weighted by molar-refractivity contribution is 0.407. The summed E-state index contributed by atoms with van der Waals surface area (Å²) in [6.07, 6.45) is 2.29. The molecule has 3 nitrogen and oxygen atoms in total. The molecule has 0 radical (unpaired) electrons. The van der Waals surface area contributed by atoms with Crippen molar-refractivity contribution in [3.05, 3.63) is 59.6 Å². The van der Waals surface area contributed by atoms with E-state index in [1.807, 2.05) is 24.3 Å². The molecule has 1 aromatic heterocycles. The highest BCUT2D eigenvalue weighted by Crippen LogP contribution is 2.29. The number of nitrogens with two attached hydrogens (primary N) is 1. The molecule has 0 aliphatic heterocycles. The summed E-state index contributed by atoms with van der Waals surface area (Å²) in [5.74, 6) is 0.0182. The highest BCUT2D eigenvalue weighted by atomic mass is 19.1. The monoisotopic (exact) mass is 271 g/mol. The number of halogens is 1. The Hall–Kier alpha value is -2.49. The molecule has 0 bridgehead atoms. The number of hydrogen-bond acceptors (Lipinski definition) is 3. The van der Waals surface area contributed by atoms with Gasteiger partial charge >= 0.3 is 0 Å². The van der Waals surface area contributed by atoms with Crippen LogP contribution >= 0.6 is 0 Å². The molecular weight excluding hydrogens is 257 g/mol. The number of rotatable bonds is 3. The van der Waals surface area contributed by atoms with E-state index in [4.69, 9.17) is 14.9 Å². The summed E-state index contributed by atoms with van der Waals surface area (Å²) < 4.78 is 24.2. The fourth-order valence-corrected chi connectivity index (χ4v) is 2.32. The van der Waals surface area contributed by atoms with Crippen molar-refractivity contribution in [2.75, 3.05) is 12.8 Å². The molecule has 3 rings (SSSR count). The van der Waals surface area contributed by atoms with Crippen LogP contribution < -0.4 is 10.5 Å². The number of hydrogen-bond donors (Lipinski definition) is 1. The first-order valence-electron chi connectivity index (χ1n) is 6.26. The van der Waals surface area contributed by atoms with Crippen LogP contribution in [-0.2, 0) is 6.42 Å². The number of fused-ring (bicyclic) bond motifs is 1. The maximum Gasteiger partial charge on any atom is 0.149 e. The summed E-state index contributed by atoms with van der Waals surface area (Å²) in [5.41, 5.74) is 8.43. The average molecular weight is 271 g/mol. The lowest BCUT2D eigenvalue weighted by atomic mass is 10.0. The molecule has 102 valence electrons. The largest absolute Gasteiger partial charge is 0.496 e. The highest BCUT2D eigenvalue weighted by Gasteiger charge is 2.12. The number of furan rings is 1. The van der Waals surface area contributed by atoms with Crippen LogP contribution in [0, 0.1) is 5.82 Å². The van der Waals surface area contributed by atoms with Crippen LogP contribution in [0.15, 0.2) is 47.1 Å². The molecule has 0 atom stereocenters. The average Bonchev–Trinajstić information content (AvgIpc) is 2.86. The smallest absolute Gasteiger partial charge is 0.149 e. The van der Waals surface area contributed by atoms with Gasteiger partial charge in [-0.25, -0.2) is 4.39 Å². The molecule has 20 heavy (non-hydrogen) atoms. The van der Waals surface area contributed by atoms with Gasteiger partial charge in [-0.2, -0.15) is 0 Å². The van der Waals surface area contributed by atoms with Gasteiger partial charge in [0, 0.05) is 29.0 Å². The van der Waals surface area contributed by atoms with Crippen molar-refractivity contribution in [2.24, 2.45) is 0 Å². The van der Waals surface area contributed by atoms with E-state index < -0.39 is 5.82 Å². The van der Waals surface area contributed by atoms with Crippen LogP contribution in [0.2, 0.25) is 0 Å². The second-order valence-corrected chi connectivity index (χ2v) is 4.62. The SMILES string of the molecule is COc1cc(F)c(N)cc1Cc1coc2ccccc12. The molecule has 2 N–H and O–H groups in total. The molecule has 1 heterocycles. The Balaban J connectivity index is 2.04. The van der Waals surface area contributed by atoms with Gasteiger partial charge in [0.15, 0.2) is 0 Å². The van der Waals surface area contributed by atoms with E-state index in [1.54, 1.807) is 12.3 Å². The number of benzene rings is 2. The van der Waals surface area contributed by atoms with Crippen molar-refractivity contribution >= 4 is 16.7 Å². The molecule has 0 spiro atoms. The van der Waals surface area contributed by atoms with Gasteiger partial charge < -0.3 is 14.9 Å². The summed E-state index contributed by atoms with van der Waals surface area (Å²) in [7, 11) is 1.52. The van der Waals surface area contributed by atoms with Gasteiger partial charge in [-0.05, 0) is 12.1 Å². The summed E-state index contributed by atoms with van der Waals surface area (Å²) in [5, 5.41) is 1.04. The molecule has 0 saturated carbocycles. The van der Waals surface area contributed by atoms with Gasteiger partial charge in [-0.3, -0.25) is 0 Å². The van der Waals surface area contributed by atoms with E-state index >= 15 is 0 Å². The van der Waals surface area contributed by atoms with Crippen molar-refractivity contribution in [1.29, 1.82) is 0 Å². The first kappa shape index (κ1) is 12.5. The number of methoxy groups -OCH3 is 1. The lowest BCUT2D eigenvalue weighted by Gasteiger charge is -2.09. The first-order chi connectivity index (χ1) is 9.69. The van der Waals surface area contributed by atoms with Crippen LogP contribution in [0.5, 0.6) is 5.75 Å². The van der Waals surface area contributed by atoms with Crippen molar-refractivity contribution in [3.8, 4) is 5.75 Å². The predicted octanol–water partition coefficient (Wildman–Crippen LogP) is 3.75. The second kappa shape index (κ2) is 4.89. The third-order valence-electron chi connectivity index (χ3n) is 3.34. The van der Waals surface area contributed by atoms with Gasteiger partial charge in [-0.15, -0.1) is 0 Å². The van der Waals surface area contributed by atoms with Crippen LogP contribution in [0.1, 0.15) is 11.1 Å². The third kappa shape index (κ3) is 2.09. The fourth-order valence-electron chi connectivity index (χ4n) is 2.32. The molecule has 0 unspecified atom stereocenters. The second-order valence-electron chi connectivity index (χ2n) is 4.62. The molecule has 0 amide bonds. The van der Waals surface area contributed by atoms with Gasteiger partial charge in [0.2, 0.25) is 0 Å². The zero-order chi connectivity index (χ0) is 14.1. The summed E-state index contributed by atoms with van der Waals surface area (Å²) in [6, 6.07) is 10.7. The Labute approximate surface area is 115 Å². The molecule has 2 aromatic carbocycles. The first-order valence-corrected chi connectivity index (χ1v) is 6.26. The number of ether oxygens (including phenoxy) is 1. The molecule has 0 aliphatic carbocycles. The minimum Gasteiger partial charge on any atom is -0.496 e. The Morgan fingerprint density at radius 1 is 1.20 bits per heavy atom. The van der Waals surface area contributed by atoms with E-state index in [-0.39, 0.29) is 5.69 Å². The summed E-state index contributed by atoms with van der Waals surface area (Å²) in [6.45, 7) is 0. The summed E-state index contributed by atoms with van der Waals surface area (Å²) >= 11 is 0. The number of para-hydroxylation sites is 1. The molecule has 3 aromatic rings. The van der Waals surface area contributed by atoms with Gasteiger partial charge in [-0.1, -0.05) is 18.2 Å². The zero-order valence-electron chi connectivity index (χ0n) is 11.0. The van der Waals surface area contributed by atoms with Crippen molar-refractivity contribution in [2.45, 2.75) is 6.42 Å². The standard InChI is InChI=1S/C16H14FNO2/c1-19-16-8-13(17)14(18)7-10(16)6-11-9-20-15-5-3-2-4-12(11)15/h2-5,7-9H,6,18H2,1H3. The Bertz CT molecular complexity index is 764. The normalized spacial score (nSPS) is 10.9. The fraction of sp³-hybridized carbons (Fsp3) is 0.125. The highest BCUT2D eigenvalue weighted by molar-refractivity contribution is 5.81. The number of anilines is 1. The van der Waals surface area contributed by atoms with Gasteiger partial charge in [0.05, 0.1) is 19.1 Å². The maximum absolute atomic E-state index is 13.5. The van der Waals surface area contributed by atoms with Crippen LogP contribution in [0.3, 0.4) is 0 Å². The summed E-state index contributed by atoms with van der Waals surface area (Å²) in [4.78, 5) is 0. The third-order valence-corrected chi connectivity index (χ3v) is 3.34. The van der Waals surface area contributed by atoms with E-state index in [1.165, 1.54) is 13.2 Å². The Morgan fingerprint density at radius 2 is 2.00 bits per heavy atom. The molecule has 4 heteroatoms. The Morgan fingerprint density at radius 3 is 2.80 bits per heavy atom. The molecule has 0 fully saturated rings. The van der Waals surface area contributed by atoms with Crippen LogP contribution in [0.25, 0.3) is 11.0 Å². The Kier molecular flexibility index (Phi) is 3.06. The molecular formula is C16H14FNO2. The minimum atomic E-state index is -0.470. The van der Waals surface area contributed by atoms with Crippen molar-refractivity contribution in [3.63, 3.8) is 0 Å². The van der Waals surface area contributed by atoms with Gasteiger partial charge in [0.25, 0.3) is 0 Å². The van der Waals surface area contributed by atoms with E-state index in [2.05, 4.69) is 0 Å². The zero-order valence-corrected chi connectivity index (χ0v) is 11.0. The molecule has 0 saturated heterocycles. The predicted molar refractivity (Wildman–Crippen MR) is 76.4 cm³/mol. The molecule has 0 aliphatic rings. The lowest BCUT2D eigenvalue weighted by Crippen LogP contribution is -1.98. The topological polar surface area (TPSA) is 48.4 Å². The van der Waals surface area contributed by atoms with Crippen molar-refractivity contribution in [1.82, 2.24) is 0 Å². The maximum atomic E-state index is 13.5. The van der Waals surface area contributed by atoms with Gasteiger partial charge in [0.1, 0.15) is 17.1 Å². The quantitative estimate of drug-likeness (QED) is 0.738. The van der Waals surface area contributed by atoms with E-state index in [0.717, 1.165) is 22.1 Å². The van der Waals surface area contributed by atoms with E-state index in [0.29, 0.717) is 12.2 Å².